The Morgan fingerprint density at radius 2 is 0.606 bits per heavy atom. The van der Waals surface area contributed by atoms with E-state index >= 15 is 0 Å². The summed E-state index contributed by atoms with van der Waals surface area (Å²) in [6, 6.07) is 83.8. The molecule has 0 spiro atoms. The molecule has 0 saturated heterocycles. The Balaban J connectivity index is 0.976. The lowest BCUT2D eigenvalue weighted by Crippen LogP contribution is -1.93. The minimum absolute atomic E-state index is 0.888. The highest BCUT2D eigenvalue weighted by Gasteiger charge is 2.21. The fourth-order valence-corrected chi connectivity index (χ4v) is 10.9. The molecule has 0 N–H and O–H groups in total. The molecule has 0 unspecified atom stereocenters. The van der Waals surface area contributed by atoms with Crippen molar-refractivity contribution in [1.82, 2.24) is 0 Å². The van der Waals surface area contributed by atoms with Gasteiger partial charge in [-0.25, -0.2) is 0 Å². The van der Waals surface area contributed by atoms with Gasteiger partial charge in [-0.1, -0.05) is 194 Å². The molecule has 2 aromatic heterocycles. The van der Waals surface area contributed by atoms with E-state index in [1.54, 1.807) is 0 Å². The van der Waals surface area contributed by atoms with Crippen LogP contribution in [0.25, 0.3) is 143 Å². The van der Waals surface area contributed by atoms with Gasteiger partial charge >= 0.3 is 0 Å². The van der Waals surface area contributed by atoms with Crippen molar-refractivity contribution in [3.63, 3.8) is 0 Å². The van der Waals surface area contributed by atoms with Gasteiger partial charge in [-0.3, -0.25) is 0 Å². The summed E-state index contributed by atoms with van der Waals surface area (Å²) in [5.74, 6) is 0. The molecule has 14 aromatic rings. The normalized spacial score (nSPS) is 11.9. The van der Waals surface area contributed by atoms with Gasteiger partial charge in [-0.15, -0.1) is 0 Å². The third-order valence-electron chi connectivity index (χ3n) is 13.9. The molecule has 0 atom stereocenters. The maximum absolute atomic E-state index is 6.29. The van der Waals surface area contributed by atoms with E-state index in [9.17, 15) is 0 Å². The molecule has 0 amide bonds. The van der Waals surface area contributed by atoms with Gasteiger partial charge in [0.2, 0.25) is 0 Å². The van der Waals surface area contributed by atoms with E-state index in [2.05, 4.69) is 206 Å². The van der Waals surface area contributed by atoms with Crippen LogP contribution in [-0.2, 0) is 0 Å². The van der Waals surface area contributed by atoms with Crippen LogP contribution >= 0.6 is 0 Å². The van der Waals surface area contributed by atoms with Gasteiger partial charge in [0, 0.05) is 21.5 Å². The van der Waals surface area contributed by atoms with Crippen LogP contribution in [0.2, 0.25) is 0 Å². The summed E-state index contributed by atoms with van der Waals surface area (Å²) >= 11 is 0. The van der Waals surface area contributed by atoms with Crippen molar-refractivity contribution in [2.45, 2.75) is 0 Å². The van der Waals surface area contributed by atoms with E-state index in [4.69, 9.17) is 8.83 Å². The average molecular weight is 839 g/mol. The van der Waals surface area contributed by atoms with Crippen LogP contribution in [0.1, 0.15) is 0 Å². The second-order valence-electron chi connectivity index (χ2n) is 17.5. The number of hydrogen-bond donors (Lipinski definition) is 0. The molecule has 0 saturated carbocycles. The molecule has 0 aliphatic carbocycles. The van der Waals surface area contributed by atoms with Crippen molar-refractivity contribution >= 4 is 87.0 Å². The van der Waals surface area contributed by atoms with Gasteiger partial charge in [0.05, 0.1) is 0 Å². The lowest BCUT2D eigenvalue weighted by Gasteiger charge is -2.20. The predicted molar refractivity (Wildman–Crippen MR) is 278 cm³/mol. The molecular formula is C64H38O2. The van der Waals surface area contributed by atoms with Crippen LogP contribution in [0, 0.1) is 0 Å². The van der Waals surface area contributed by atoms with Crippen LogP contribution in [0.15, 0.2) is 239 Å². The topological polar surface area (TPSA) is 26.3 Å². The largest absolute Gasteiger partial charge is 0.456 e. The minimum atomic E-state index is 0.888. The van der Waals surface area contributed by atoms with Crippen molar-refractivity contribution in [1.29, 1.82) is 0 Å². The summed E-state index contributed by atoms with van der Waals surface area (Å²) in [6.07, 6.45) is 0. The summed E-state index contributed by atoms with van der Waals surface area (Å²) in [5, 5.41) is 14.5. The number of para-hydroxylation sites is 2. The summed E-state index contributed by atoms with van der Waals surface area (Å²) in [4.78, 5) is 0. The zero-order chi connectivity index (χ0) is 43.3. The smallest absolute Gasteiger partial charge is 0.135 e. The van der Waals surface area contributed by atoms with Crippen LogP contribution in [0.3, 0.4) is 0 Å². The molecule has 12 aromatic carbocycles. The maximum Gasteiger partial charge on any atom is 0.135 e. The van der Waals surface area contributed by atoms with Crippen LogP contribution in [-0.4, -0.2) is 0 Å². The molecule has 66 heavy (non-hydrogen) atoms. The lowest BCUT2D eigenvalue weighted by molar-refractivity contribution is 0.668. The highest BCUT2D eigenvalue weighted by atomic mass is 16.3. The minimum Gasteiger partial charge on any atom is -0.456 e. The molecule has 0 fully saturated rings. The third-order valence-corrected chi connectivity index (χ3v) is 13.9. The number of furan rings is 2. The van der Waals surface area contributed by atoms with E-state index in [0.29, 0.717) is 0 Å². The number of rotatable bonds is 5. The number of hydrogen-bond acceptors (Lipinski definition) is 2. The Morgan fingerprint density at radius 1 is 0.197 bits per heavy atom. The molecule has 306 valence electrons. The van der Waals surface area contributed by atoms with Crippen molar-refractivity contribution < 1.29 is 8.83 Å². The average Bonchev–Trinajstić information content (AvgIpc) is 3.95. The Morgan fingerprint density at radius 3 is 1.18 bits per heavy atom. The monoisotopic (exact) mass is 838 g/mol. The van der Waals surface area contributed by atoms with Gasteiger partial charge in [-0.2, -0.15) is 0 Å². The SMILES string of the molecule is c1cc(-c2ccc3oc4ccccc4c3c2)c(-c2ccc(-c3c4ccccc4c(-c4cccc5c4ccc4ccccc45)c4ccccc34)cc2)c(-c2ccc3oc4ccccc4c3c2)c1. The molecule has 14 rings (SSSR count). The summed E-state index contributed by atoms with van der Waals surface area (Å²) in [7, 11) is 0. The zero-order valence-electron chi connectivity index (χ0n) is 35.8. The van der Waals surface area contributed by atoms with Gasteiger partial charge in [-0.05, 0) is 135 Å². The van der Waals surface area contributed by atoms with Crippen LogP contribution < -0.4 is 0 Å². The molecule has 2 heterocycles. The molecule has 0 bridgehead atoms. The first-order chi connectivity index (χ1) is 32.7. The fraction of sp³-hybridized carbons (Fsp3) is 0. The molecule has 0 aliphatic heterocycles. The molecular weight excluding hydrogens is 801 g/mol. The number of fused-ring (bicyclic) bond motifs is 11. The predicted octanol–water partition coefficient (Wildman–Crippen LogP) is 18.4. The Labute approximate surface area is 380 Å². The number of benzene rings is 12. The van der Waals surface area contributed by atoms with E-state index < -0.39 is 0 Å². The first kappa shape index (κ1) is 36.7. The van der Waals surface area contributed by atoms with E-state index in [1.165, 1.54) is 70.9 Å². The third kappa shape index (κ3) is 5.55. The van der Waals surface area contributed by atoms with Gasteiger partial charge in [0.15, 0.2) is 0 Å². The van der Waals surface area contributed by atoms with E-state index in [1.807, 2.05) is 24.3 Å². The molecule has 2 nitrogen and oxygen atoms in total. The zero-order valence-corrected chi connectivity index (χ0v) is 35.8. The van der Waals surface area contributed by atoms with Crippen molar-refractivity contribution in [3.8, 4) is 55.6 Å². The van der Waals surface area contributed by atoms with Gasteiger partial charge < -0.3 is 8.83 Å². The fourth-order valence-electron chi connectivity index (χ4n) is 10.9. The quantitative estimate of drug-likeness (QED) is 0.127. The molecule has 0 aliphatic rings. The Hall–Kier alpha value is -8.72. The highest BCUT2D eigenvalue weighted by Crippen LogP contribution is 2.48. The Kier molecular flexibility index (Phi) is 8.02. The van der Waals surface area contributed by atoms with Gasteiger partial charge in [0.1, 0.15) is 22.3 Å². The highest BCUT2D eigenvalue weighted by molar-refractivity contribution is 6.25. The Bertz CT molecular complexity index is 4090. The van der Waals surface area contributed by atoms with Crippen molar-refractivity contribution in [2.75, 3.05) is 0 Å². The second-order valence-corrected chi connectivity index (χ2v) is 17.5. The summed E-state index contributed by atoms with van der Waals surface area (Å²) < 4.78 is 12.6. The second kappa shape index (κ2) is 14.4. The maximum atomic E-state index is 6.29. The van der Waals surface area contributed by atoms with E-state index in [-0.39, 0.29) is 0 Å². The van der Waals surface area contributed by atoms with Crippen molar-refractivity contribution in [2.24, 2.45) is 0 Å². The van der Waals surface area contributed by atoms with Crippen LogP contribution in [0.4, 0.5) is 0 Å². The van der Waals surface area contributed by atoms with Crippen LogP contribution in [0.5, 0.6) is 0 Å². The standard InChI is InChI=1S/C64H38O2/c1-2-14-44-39(13-1)31-34-48-47(44)23-12-24-51(48)64-54-19-5-3-17-52(54)63(53-18-4-6-20-55(53)64)41-29-27-40(28-30-41)62-45(42-32-35-60-56(37-42)49-15-7-9-25-58(49)65-60)21-11-22-46(62)43-33-36-61-57(38-43)50-16-8-10-26-59(50)66-61/h1-38H. The molecule has 2 heteroatoms. The summed E-state index contributed by atoms with van der Waals surface area (Å²) in [5.41, 5.74) is 15.4. The lowest BCUT2D eigenvalue weighted by atomic mass is 9.83. The molecule has 0 radical (unpaired) electrons. The van der Waals surface area contributed by atoms with E-state index in [0.717, 1.165) is 71.7 Å². The first-order valence-electron chi connectivity index (χ1n) is 22.6. The first-order valence-corrected chi connectivity index (χ1v) is 22.6. The summed E-state index contributed by atoms with van der Waals surface area (Å²) in [6.45, 7) is 0. The van der Waals surface area contributed by atoms with Crippen molar-refractivity contribution in [3.05, 3.63) is 231 Å². The van der Waals surface area contributed by atoms with Gasteiger partial charge in [0.25, 0.3) is 0 Å².